The summed E-state index contributed by atoms with van der Waals surface area (Å²) in [6.07, 6.45) is 0. The van der Waals surface area contributed by atoms with Gasteiger partial charge in [-0.15, -0.1) is 0 Å². The lowest BCUT2D eigenvalue weighted by Crippen LogP contribution is -2.14. The predicted molar refractivity (Wildman–Crippen MR) is 86.8 cm³/mol. The average molecular weight is 320 g/mol. The molecular formula is C15H14ClN3O3. The number of hydrogen-bond acceptors (Lipinski definition) is 4. The maximum atomic E-state index is 12.3. The Morgan fingerprint density at radius 2 is 1.95 bits per heavy atom. The fourth-order valence-electron chi connectivity index (χ4n) is 1.92. The van der Waals surface area contributed by atoms with E-state index in [4.69, 9.17) is 11.6 Å². The Labute approximate surface area is 132 Å². The summed E-state index contributed by atoms with van der Waals surface area (Å²) < 4.78 is 0. The summed E-state index contributed by atoms with van der Waals surface area (Å²) in [4.78, 5) is 22.7. The van der Waals surface area contributed by atoms with E-state index < -0.39 is 10.8 Å². The van der Waals surface area contributed by atoms with Crippen molar-refractivity contribution in [2.45, 2.75) is 6.92 Å². The number of anilines is 2. The van der Waals surface area contributed by atoms with E-state index >= 15 is 0 Å². The quantitative estimate of drug-likeness (QED) is 0.662. The van der Waals surface area contributed by atoms with Gasteiger partial charge in [-0.05, 0) is 30.7 Å². The predicted octanol–water partition coefficient (Wildman–Crippen LogP) is 3.85. The van der Waals surface area contributed by atoms with Crippen molar-refractivity contribution in [2.24, 2.45) is 0 Å². The molecule has 0 bridgehead atoms. The second-order valence-electron chi connectivity index (χ2n) is 4.66. The average Bonchev–Trinajstić information content (AvgIpc) is 2.50. The number of benzene rings is 2. The number of carbonyl (C=O) groups is 1. The first kappa shape index (κ1) is 15.8. The zero-order valence-corrected chi connectivity index (χ0v) is 12.8. The summed E-state index contributed by atoms with van der Waals surface area (Å²) in [5, 5.41) is 16.9. The minimum absolute atomic E-state index is 0.147. The van der Waals surface area contributed by atoms with Gasteiger partial charge in [-0.2, -0.15) is 0 Å². The molecule has 0 saturated carbocycles. The summed E-state index contributed by atoms with van der Waals surface area (Å²) in [6.45, 7) is 1.85. The van der Waals surface area contributed by atoms with Crippen molar-refractivity contribution in [3.63, 3.8) is 0 Å². The zero-order chi connectivity index (χ0) is 16.3. The third-order valence-electron chi connectivity index (χ3n) is 3.16. The van der Waals surface area contributed by atoms with Gasteiger partial charge in [0.15, 0.2) is 0 Å². The number of hydrogen-bond donors (Lipinski definition) is 2. The second kappa shape index (κ2) is 6.44. The minimum Gasteiger partial charge on any atom is -0.387 e. The molecule has 2 N–H and O–H groups in total. The van der Waals surface area contributed by atoms with Crippen LogP contribution in [0.25, 0.3) is 0 Å². The van der Waals surface area contributed by atoms with E-state index in [2.05, 4.69) is 10.6 Å². The van der Waals surface area contributed by atoms with Gasteiger partial charge in [-0.1, -0.05) is 17.7 Å². The number of amides is 1. The molecule has 2 rings (SSSR count). The molecule has 0 saturated heterocycles. The zero-order valence-electron chi connectivity index (χ0n) is 12.0. The van der Waals surface area contributed by atoms with Crippen LogP contribution in [0.1, 0.15) is 15.9 Å². The molecule has 0 aliphatic heterocycles. The van der Waals surface area contributed by atoms with Crippen molar-refractivity contribution >= 4 is 34.6 Å². The van der Waals surface area contributed by atoms with Crippen LogP contribution in [0.15, 0.2) is 36.4 Å². The molecule has 7 heteroatoms. The fraction of sp³-hybridized carbons (Fsp3) is 0.133. The van der Waals surface area contributed by atoms with E-state index in [0.717, 1.165) is 5.56 Å². The molecule has 2 aromatic rings. The van der Waals surface area contributed by atoms with Crippen molar-refractivity contribution in [1.29, 1.82) is 0 Å². The number of halogens is 1. The van der Waals surface area contributed by atoms with Gasteiger partial charge in [0.05, 0.1) is 10.5 Å². The van der Waals surface area contributed by atoms with E-state index in [1.807, 2.05) is 6.92 Å². The number of rotatable bonds is 4. The third kappa shape index (κ3) is 3.35. The Morgan fingerprint density at radius 1 is 1.23 bits per heavy atom. The Morgan fingerprint density at radius 3 is 2.55 bits per heavy atom. The van der Waals surface area contributed by atoms with Gasteiger partial charge in [0, 0.05) is 35.6 Å². The number of nitrogens with zero attached hydrogens (tertiary/aromatic N) is 1. The van der Waals surface area contributed by atoms with Crippen LogP contribution in [-0.4, -0.2) is 17.9 Å². The maximum absolute atomic E-state index is 12.3. The lowest BCUT2D eigenvalue weighted by molar-refractivity contribution is -0.384. The van der Waals surface area contributed by atoms with Crippen molar-refractivity contribution in [3.05, 3.63) is 62.7 Å². The van der Waals surface area contributed by atoms with Crippen LogP contribution in [0, 0.1) is 17.0 Å². The van der Waals surface area contributed by atoms with E-state index in [1.54, 1.807) is 25.2 Å². The van der Waals surface area contributed by atoms with Gasteiger partial charge in [-0.25, -0.2) is 0 Å². The lowest BCUT2D eigenvalue weighted by Gasteiger charge is -2.10. The number of aryl methyl sites for hydroxylation is 1. The first-order chi connectivity index (χ1) is 10.4. The molecule has 0 atom stereocenters. The van der Waals surface area contributed by atoms with Crippen LogP contribution < -0.4 is 10.6 Å². The van der Waals surface area contributed by atoms with Gasteiger partial charge in [0.1, 0.15) is 0 Å². The number of carbonyl (C=O) groups excluding carboxylic acids is 1. The largest absolute Gasteiger partial charge is 0.387 e. The van der Waals surface area contributed by atoms with Crippen LogP contribution in [0.4, 0.5) is 17.1 Å². The molecule has 114 valence electrons. The van der Waals surface area contributed by atoms with E-state index in [9.17, 15) is 14.9 Å². The molecule has 1 amide bonds. The van der Waals surface area contributed by atoms with E-state index in [1.165, 1.54) is 18.2 Å². The highest BCUT2D eigenvalue weighted by Gasteiger charge is 2.16. The molecule has 0 heterocycles. The molecule has 6 nitrogen and oxygen atoms in total. The van der Waals surface area contributed by atoms with E-state index in [-0.39, 0.29) is 11.3 Å². The fourth-order valence-corrected chi connectivity index (χ4v) is 2.10. The molecule has 0 aliphatic rings. The van der Waals surface area contributed by atoms with Crippen molar-refractivity contribution in [3.8, 4) is 0 Å². The summed E-state index contributed by atoms with van der Waals surface area (Å²) >= 11 is 6.02. The molecule has 0 spiro atoms. The molecule has 0 unspecified atom stereocenters. The summed E-state index contributed by atoms with van der Waals surface area (Å²) in [7, 11) is 1.64. The number of nitro groups is 1. The van der Waals surface area contributed by atoms with Crippen molar-refractivity contribution in [2.75, 3.05) is 17.7 Å². The van der Waals surface area contributed by atoms with Gasteiger partial charge < -0.3 is 10.6 Å². The maximum Gasteiger partial charge on any atom is 0.270 e. The topological polar surface area (TPSA) is 84.3 Å². The van der Waals surface area contributed by atoms with Crippen LogP contribution in [0.5, 0.6) is 0 Å². The SMILES string of the molecule is CNc1ccc([N+](=O)[O-])cc1C(=O)Nc1ccc(C)c(Cl)c1. The van der Waals surface area contributed by atoms with Gasteiger partial charge >= 0.3 is 0 Å². The third-order valence-corrected chi connectivity index (χ3v) is 3.56. The monoisotopic (exact) mass is 319 g/mol. The van der Waals surface area contributed by atoms with Crippen molar-refractivity contribution < 1.29 is 9.72 Å². The molecule has 0 fully saturated rings. The summed E-state index contributed by atoms with van der Waals surface area (Å²) in [6, 6.07) is 9.20. The normalized spacial score (nSPS) is 10.1. The van der Waals surface area contributed by atoms with Crippen LogP contribution in [0.2, 0.25) is 5.02 Å². The standard InChI is InChI=1S/C15H14ClN3O3/c1-9-3-4-10(7-13(9)16)18-15(20)12-8-11(19(21)22)5-6-14(12)17-2/h3-8,17H,1-2H3,(H,18,20). The first-order valence-electron chi connectivity index (χ1n) is 6.46. The second-order valence-corrected chi connectivity index (χ2v) is 5.06. The molecule has 0 radical (unpaired) electrons. The molecule has 0 aromatic heterocycles. The van der Waals surface area contributed by atoms with E-state index in [0.29, 0.717) is 16.4 Å². The number of nitro benzene ring substituents is 1. The number of nitrogens with one attached hydrogen (secondary N) is 2. The Hall–Kier alpha value is -2.60. The smallest absolute Gasteiger partial charge is 0.270 e. The summed E-state index contributed by atoms with van der Waals surface area (Å²) in [5.41, 5.74) is 1.96. The van der Waals surface area contributed by atoms with Crippen molar-refractivity contribution in [1.82, 2.24) is 0 Å². The molecular weight excluding hydrogens is 306 g/mol. The number of non-ortho nitro benzene ring substituents is 1. The van der Waals surface area contributed by atoms with Gasteiger partial charge in [-0.3, -0.25) is 14.9 Å². The molecule has 2 aromatic carbocycles. The van der Waals surface area contributed by atoms with Crippen LogP contribution >= 0.6 is 11.6 Å². The minimum atomic E-state index is -0.543. The Balaban J connectivity index is 2.33. The Bertz CT molecular complexity index is 747. The van der Waals surface area contributed by atoms with Gasteiger partial charge in [0.25, 0.3) is 11.6 Å². The lowest BCUT2D eigenvalue weighted by atomic mass is 10.1. The van der Waals surface area contributed by atoms with Crippen LogP contribution in [-0.2, 0) is 0 Å². The summed E-state index contributed by atoms with van der Waals surface area (Å²) in [5.74, 6) is -0.451. The Kier molecular flexibility index (Phi) is 4.62. The van der Waals surface area contributed by atoms with Gasteiger partial charge in [0.2, 0.25) is 0 Å². The van der Waals surface area contributed by atoms with Crippen LogP contribution in [0.3, 0.4) is 0 Å². The highest BCUT2D eigenvalue weighted by molar-refractivity contribution is 6.31. The molecule has 22 heavy (non-hydrogen) atoms. The molecule has 0 aliphatic carbocycles. The first-order valence-corrected chi connectivity index (χ1v) is 6.84. The highest BCUT2D eigenvalue weighted by atomic mass is 35.5. The highest BCUT2D eigenvalue weighted by Crippen LogP contribution is 2.24.